The number of carbonyl (C=O) groups is 2. The number of sulfonamides is 1. The minimum Gasteiger partial charge on any atom is -0.494 e. The van der Waals surface area contributed by atoms with Gasteiger partial charge in [-0.05, 0) is 87.2 Å². The number of hydrogen-bond donors (Lipinski definition) is 1. The molecule has 42 heavy (non-hydrogen) atoms. The Bertz CT molecular complexity index is 1400. The third-order valence-electron chi connectivity index (χ3n) is 6.99. The molecule has 3 rings (SSSR count). The number of carbonyl (C=O) groups excluding carboxylic acids is 2. The molecule has 2 unspecified atom stereocenters. The molecule has 3 aromatic carbocycles. The largest absolute Gasteiger partial charge is 0.494 e. The van der Waals surface area contributed by atoms with Gasteiger partial charge in [0.25, 0.3) is 10.0 Å². The van der Waals surface area contributed by atoms with Crippen LogP contribution in [0.4, 0.5) is 10.1 Å². The van der Waals surface area contributed by atoms with E-state index in [-0.39, 0.29) is 29.1 Å². The first-order valence-corrected chi connectivity index (χ1v) is 15.7. The van der Waals surface area contributed by atoms with Gasteiger partial charge in [0.2, 0.25) is 11.8 Å². The van der Waals surface area contributed by atoms with Crippen molar-refractivity contribution in [1.82, 2.24) is 10.2 Å². The normalized spacial score (nSPS) is 12.7. The van der Waals surface area contributed by atoms with E-state index in [1.807, 2.05) is 58.0 Å². The van der Waals surface area contributed by atoms with E-state index in [2.05, 4.69) is 5.32 Å². The van der Waals surface area contributed by atoms with E-state index in [1.165, 1.54) is 29.2 Å². The Kier molecular flexibility index (Phi) is 11.9. The summed E-state index contributed by atoms with van der Waals surface area (Å²) >= 11 is 0. The van der Waals surface area contributed by atoms with Crippen LogP contribution in [0.25, 0.3) is 0 Å². The third kappa shape index (κ3) is 8.55. The van der Waals surface area contributed by atoms with Crippen LogP contribution in [0.2, 0.25) is 0 Å². The molecule has 0 bridgehead atoms. The Balaban J connectivity index is 2.00. The molecule has 10 heteroatoms. The highest BCUT2D eigenvalue weighted by molar-refractivity contribution is 7.92. The number of halogens is 1. The molecule has 0 spiro atoms. The van der Waals surface area contributed by atoms with Crippen LogP contribution in [-0.2, 0) is 26.0 Å². The summed E-state index contributed by atoms with van der Waals surface area (Å²) in [6.45, 7) is 7.53. The van der Waals surface area contributed by atoms with E-state index >= 15 is 0 Å². The molecule has 226 valence electrons. The number of hydrogen-bond acceptors (Lipinski definition) is 5. The second-order valence-corrected chi connectivity index (χ2v) is 11.8. The zero-order valence-electron chi connectivity index (χ0n) is 24.6. The van der Waals surface area contributed by atoms with Crippen molar-refractivity contribution in [2.24, 2.45) is 0 Å². The quantitative estimate of drug-likeness (QED) is 0.260. The summed E-state index contributed by atoms with van der Waals surface area (Å²) in [5.74, 6) is -0.876. The van der Waals surface area contributed by atoms with E-state index in [1.54, 1.807) is 12.1 Å². The topological polar surface area (TPSA) is 96.0 Å². The second kappa shape index (κ2) is 15.3. The van der Waals surface area contributed by atoms with Crippen LogP contribution in [0.3, 0.4) is 0 Å². The molecule has 0 radical (unpaired) electrons. The van der Waals surface area contributed by atoms with Crippen molar-refractivity contribution in [1.29, 1.82) is 0 Å². The maximum atomic E-state index is 14.0. The first kappa shape index (κ1) is 32.6. The van der Waals surface area contributed by atoms with E-state index < -0.39 is 34.3 Å². The Labute approximate surface area is 248 Å². The molecular weight excluding hydrogens is 557 g/mol. The molecule has 0 saturated heterocycles. The van der Waals surface area contributed by atoms with Gasteiger partial charge >= 0.3 is 0 Å². The molecule has 0 saturated carbocycles. The van der Waals surface area contributed by atoms with Gasteiger partial charge in [-0.2, -0.15) is 0 Å². The van der Waals surface area contributed by atoms with E-state index in [4.69, 9.17) is 4.74 Å². The molecule has 0 aromatic heterocycles. The lowest BCUT2D eigenvalue weighted by Crippen LogP contribution is -2.54. The highest BCUT2D eigenvalue weighted by atomic mass is 32.2. The lowest BCUT2D eigenvalue weighted by Gasteiger charge is -2.33. The summed E-state index contributed by atoms with van der Waals surface area (Å²) in [5, 5.41) is 2.96. The molecule has 0 aliphatic heterocycles. The summed E-state index contributed by atoms with van der Waals surface area (Å²) < 4.78 is 48.1. The van der Waals surface area contributed by atoms with Gasteiger partial charge in [-0.25, -0.2) is 12.8 Å². The van der Waals surface area contributed by atoms with Crippen LogP contribution in [-0.4, -0.2) is 56.9 Å². The first-order chi connectivity index (χ1) is 20.1. The van der Waals surface area contributed by atoms with Crippen LogP contribution in [0.15, 0.2) is 83.8 Å². The average Bonchev–Trinajstić information content (AvgIpc) is 2.99. The minimum absolute atomic E-state index is 0.0551. The molecule has 0 fully saturated rings. The predicted molar refractivity (Wildman–Crippen MR) is 162 cm³/mol. The lowest BCUT2D eigenvalue weighted by molar-refractivity contribution is -0.139. The van der Waals surface area contributed by atoms with Gasteiger partial charge in [-0.3, -0.25) is 13.9 Å². The Morgan fingerprint density at radius 3 is 2.12 bits per heavy atom. The standard InChI is InChI=1S/C32H40FN3O5S/c1-5-24(4)34-32(38)30(6-2)35(22-21-25-11-9-8-10-12-25)31(37)23-36(27-15-13-26(33)14-16-27)42(39,40)29-19-17-28(18-20-29)41-7-3/h8-20,24,30H,5-7,21-23H2,1-4H3,(H,34,38). The second-order valence-electron chi connectivity index (χ2n) is 9.96. The Hall–Kier alpha value is -3.92. The van der Waals surface area contributed by atoms with Crippen LogP contribution in [0, 0.1) is 5.82 Å². The van der Waals surface area contributed by atoms with E-state index in [0.29, 0.717) is 25.2 Å². The van der Waals surface area contributed by atoms with Crippen LogP contribution < -0.4 is 14.4 Å². The minimum atomic E-state index is -4.26. The fourth-order valence-electron chi connectivity index (χ4n) is 4.47. The number of nitrogens with one attached hydrogen (secondary N) is 1. The number of nitrogens with zero attached hydrogens (tertiary/aromatic N) is 2. The van der Waals surface area contributed by atoms with Gasteiger partial charge in [-0.1, -0.05) is 44.2 Å². The fraction of sp³-hybridized carbons (Fsp3) is 0.375. The van der Waals surface area contributed by atoms with Crippen LogP contribution in [0.1, 0.15) is 46.1 Å². The van der Waals surface area contributed by atoms with Gasteiger partial charge < -0.3 is 15.0 Å². The molecule has 8 nitrogen and oxygen atoms in total. The number of benzene rings is 3. The van der Waals surface area contributed by atoms with Gasteiger partial charge in [-0.15, -0.1) is 0 Å². The van der Waals surface area contributed by atoms with Gasteiger partial charge in [0.1, 0.15) is 24.2 Å². The molecule has 0 heterocycles. The molecule has 0 aliphatic rings. The molecule has 0 aliphatic carbocycles. The molecular formula is C32H40FN3O5S. The zero-order chi connectivity index (χ0) is 30.7. The van der Waals surface area contributed by atoms with Gasteiger partial charge in [0.15, 0.2) is 0 Å². The van der Waals surface area contributed by atoms with Crippen LogP contribution >= 0.6 is 0 Å². The summed E-state index contributed by atoms with van der Waals surface area (Å²) in [4.78, 5) is 28.7. The maximum Gasteiger partial charge on any atom is 0.264 e. The third-order valence-corrected chi connectivity index (χ3v) is 8.78. The Morgan fingerprint density at radius 1 is 0.905 bits per heavy atom. The van der Waals surface area contributed by atoms with Crippen molar-refractivity contribution in [3.8, 4) is 5.75 Å². The lowest BCUT2D eigenvalue weighted by atomic mass is 10.1. The maximum absolute atomic E-state index is 14.0. The average molecular weight is 598 g/mol. The predicted octanol–water partition coefficient (Wildman–Crippen LogP) is 5.18. The number of ether oxygens (including phenoxy) is 1. The van der Waals surface area contributed by atoms with E-state index in [9.17, 15) is 22.4 Å². The highest BCUT2D eigenvalue weighted by Gasteiger charge is 2.33. The van der Waals surface area contributed by atoms with Crippen molar-refractivity contribution < 1.29 is 27.1 Å². The van der Waals surface area contributed by atoms with Crippen molar-refractivity contribution in [2.45, 2.75) is 63.9 Å². The number of rotatable bonds is 15. The van der Waals surface area contributed by atoms with Crippen molar-refractivity contribution in [2.75, 3.05) is 24.0 Å². The van der Waals surface area contributed by atoms with Crippen molar-refractivity contribution in [3.05, 3.63) is 90.2 Å². The van der Waals surface area contributed by atoms with E-state index in [0.717, 1.165) is 28.4 Å². The van der Waals surface area contributed by atoms with Crippen molar-refractivity contribution in [3.63, 3.8) is 0 Å². The summed E-state index contributed by atoms with van der Waals surface area (Å²) in [6.07, 6.45) is 1.53. The van der Waals surface area contributed by atoms with Gasteiger partial charge in [0.05, 0.1) is 17.2 Å². The molecule has 3 aromatic rings. The number of anilines is 1. The Morgan fingerprint density at radius 2 is 1.55 bits per heavy atom. The fourth-order valence-corrected chi connectivity index (χ4v) is 5.89. The smallest absolute Gasteiger partial charge is 0.264 e. The van der Waals surface area contributed by atoms with Crippen LogP contribution in [0.5, 0.6) is 5.75 Å². The first-order valence-electron chi connectivity index (χ1n) is 14.3. The number of amides is 2. The zero-order valence-corrected chi connectivity index (χ0v) is 25.4. The molecule has 2 atom stereocenters. The highest BCUT2D eigenvalue weighted by Crippen LogP contribution is 2.26. The molecule has 1 N–H and O–H groups in total. The monoisotopic (exact) mass is 597 g/mol. The van der Waals surface area contributed by atoms with Gasteiger partial charge in [0, 0.05) is 12.6 Å². The van der Waals surface area contributed by atoms with Crippen molar-refractivity contribution >= 4 is 27.5 Å². The molecule has 2 amide bonds. The summed E-state index contributed by atoms with van der Waals surface area (Å²) in [5.41, 5.74) is 1.10. The SMILES string of the molecule is CCOc1ccc(S(=O)(=O)N(CC(=O)N(CCc2ccccc2)C(CC)C(=O)NC(C)CC)c2ccc(F)cc2)cc1. The summed E-state index contributed by atoms with van der Waals surface area (Å²) in [6, 6.07) is 19.5. The summed E-state index contributed by atoms with van der Waals surface area (Å²) in [7, 11) is -4.26.